The highest BCUT2D eigenvalue weighted by atomic mass is 35.5. The van der Waals surface area contributed by atoms with Gasteiger partial charge in [0.05, 0.1) is 17.0 Å². The molecule has 0 spiro atoms. The molecule has 1 atom stereocenters. The molecule has 1 aliphatic heterocycles. The van der Waals surface area contributed by atoms with E-state index < -0.39 is 5.97 Å². The van der Waals surface area contributed by atoms with E-state index in [1.54, 1.807) is 11.0 Å². The number of piperazine rings is 1. The first-order valence-corrected chi connectivity index (χ1v) is 7.78. The lowest BCUT2D eigenvalue weighted by atomic mass is 10.1. The van der Waals surface area contributed by atoms with Gasteiger partial charge in [-0.2, -0.15) is 0 Å². The van der Waals surface area contributed by atoms with Gasteiger partial charge in [-0.3, -0.25) is 14.5 Å². The first kappa shape index (κ1) is 16.8. The van der Waals surface area contributed by atoms with E-state index in [0.717, 1.165) is 5.56 Å². The minimum atomic E-state index is -0.794. The van der Waals surface area contributed by atoms with Gasteiger partial charge in [0.1, 0.15) is 0 Å². The maximum Gasteiger partial charge on any atom is 0.304 e. The molecule has 2 rings (SSSR count). The SMILES string of the molecule is Cc1cccc(C(=O)N2CCN(C(C)CC(=O)O)CC2)c1Cl. The number of hydrogen-bond donors (Lipinski definition) is 1. The maximum atomic E-state index is 12.6. The van der Waals surface area contributed by atoms with E-state index in [9.17, 15) is 9.59 Å². The molecule has 1 amide bonds. The molecule has 0 saturated carbocycles. The third-order valence-corrected chi connectivity index (χ3v) is 4.62. The van der Waals surface area contributed by atoms with Gasteiger partial charge in [-0.25, -0.2) is 0 Å². The first-order chi connectivity index (χ1) is 10.4. The van der Waals surface area contributed by atoms with Crippen molar-refractivity contribution in [3.63, 3.8) is 0 Å². The van der Waals surface area contributed by atoms with Crippen molar-refractivity contribution in [1.29, 1.82) is 0 Å². The van der Waals surface area contributed by atoms with Gasteiger partial charge in [0.15, 0.2) is 0 Å². The van der Waals surface area contributed by atoms with Gasteiger partial charge >= 0.3 is 5.97 Å². The lowest BCUT2D eigenvalue weighted by molar-refractivity contribution is -0.138. The van der Waals surface area contributed by atoms with Crippen LogP contribution in [-0.4, -0.2) is 59.0 Å². The van der Waals surface area contributed by atoms with Crippen molar-refractivity contribution in [2.75, 3.05) is 26.2 Å². The van der Waals surface area contributed by atoms with Crippen LogP contribution in [0, 0.1) is 6.92 Å². The van der Waals surface area contributed by atoms with Gasteiger partial charge in [-0.1, -0.05) is 23.7 Å². The normalized spacial score (nSPS) is 17.3. The largest absolute Gasteiger partial charge is 0.481 e. The van der Waals surface area contributed by atoms with Crippen LogP contribution in [0.2, 0.25) is 5.02 Å². The Bertz CT molecular complexity index is 569. The summed E-state index contributed by atoms with van der Waals surface area (Å²) in [7, 11) is 0. The predicted octanol–water partition coefficient (Wildman–Crippen LogP) is 2.27. The molecular weight excluding hydrogens is 304 g/mol. The van der Waals surface area contributed by atoms with Crippen LogP contribution in [0.4, 0.5) is 0 Å². The van der Waals surface area contributed by atoms with E-state index in [4.69, 9.17) is 16.7 Å². The zero-order valence-electron chi connectivity index (χ0n) is 12.9. The van der Waals surface area contributed by atoms with Crippen LogP contribution in [-0.2, 0) is 4.79 Å². The van der Waals surface area contributed by atoms with Crippen molar-refractivity contribution in [3.05, 3.63) is 34.3 Å². The van der Waals surface area contributed by atoms with E-state index in [0.29, 0.717) is 36.8 Å². The fourth-order valence-electron chi connectivity index (χ4n) is 2.73. The summed E-state index contributed by atoms with van der Waals surface area (Å²) in [6, 6.07) is 5.44. The molecular formula is C16H21ClN2O3. The van der Waals surface area contributed by atoms with Gasteiger partial charge in [0.2, 0.25) is 0 Å². The molecule has 1 aromatic carbocycles. The molecule has 1 N–H and O–H groups in total. The molecule has 6 heteroatoms. The quantitative estimate of drug-likeness (QED) is 0.923. The Kier molecular flexibility index (Phi) is 5.42. The van der Waals surface area contributed by atoms with E-state index >= 15 is 0 Å². The number of nitrogens with zero attached hydrogens (tertiary/aromatic N) is 2. The molecule has 22 heavy (non-hydrogen) atoms. The summed E-state index contributed by atoms with van der Waals surface area (Å²) in [5.41, 5.74) is 1.43. The van der Waals surface area contributed by atoms with Crippen LogP contribution in [0.5, 0.6) is 0 Å². The van der Waals surface area contributed by atoms with Crippen LogP contribution >= 0.6 is 11.6 Å². The zero-order chi connectivity index (χ0) is 16.3. The van der Waals surface area contributed by atoms with Crippen molar-refractivity contribution < 1.29 is 14.7 Å². The first-order valence-electron chi connectivity index (χ1n) is 7.40. The topological polar surface area (TPSA) is 60.9 Å². The Morgan fingerprint density at radius 2 is 1.91 bits per heavy atom. The number of aliphatic carboxylic acids is 1. The van der Waals surface area contributed by atoms with Gasteiger partial charge in [-0.15, -0.1) is 0 Å². The Labute approximate surface area is 135 Å². The Morgan fingerprint density at radius 1 is 1.27 bits per heavy atom. The highest BCUT2D eigenvalue weighted by Crippen LogP contribution is 2.22. The summed E-state index contributed by atoms with van der Waals surface area (Å²) >= 11 is 6.22. The molecule has 1 aromatic rings. The summed E-state index contributed by atoms with van der Waals surface area (Å²) in [6.07, 6.45) is 0.123. The molecule has 0 aliphatic carbocycles. The number of rotatable bonds is 4. The van der Waals surface area contributed by atoms with Crippen LogP contribution in [0.1, 0.15) is 29.3 Å². The highest BCUT2D eigenvalue weighted by molar-refractivity contribution is 6.34. The second-order valence-corrected chi connectivity index (χ2v) is 6.09. The monoisotopic (exact) mass is 324 g/mol. The van der Waals surface area contributed by atoms with Crippen LogP contribution in [0.15, 0.2) is 18.2 Å². The van der Waals surface area contributed by atoms with E-state index in [1.165, 1.54) is 0 Å². The van der Waals surface area contributed by atoms with Crippen molar-refractivity contribution in [2.45, 2.75) is 26.3 Å². The molecule has 1 aliphatic rings. The summed E-state index contributed by atoms with van der Waals surface area (Å²) in [6.45, 7) is 6.33. The van der Waals surface area contributed by atoms with Gasteiger partial charge < -0.3 is 10.0 Å². The summed E-state index contributed by atoms with van der Waals surface area (Å²) in [4.78, 5) is 27.2. The zero-order valence-corrected chi connectivity index (χ0v) is 13.6. The predicted molar refractivity (Wildman–Crippen MR) is 85.4 cm³/mol. The van der Waals surface area contributed by atoms with Gasteiger partial charge in [-0.05, 0) is 25.5 Å². The number of carbonyl (C=O) groups excluding carboxylic acids is 1. The van der Waals surface area contributed by atoms with Crippen molar-refractivity contribution in [2.24, 2.45) is 0 Å². The standard InChI is InChI=1S/C16H21ClN2O3/c1-11-4-3-5-13(15(11)17)16(22)19-8-6-18(7-9-19)12(2)10-14(20)21/h3-5,12H,6-10H2,1-2H3,(H,20,21). The average molecular weight is 325 g/mol. The third kappa shape index (κ3) is 3.78. The van der Waals surface area contributed by atoms with E-state index in [-0.39, 0.29) is 18.4 Å². The maximum absolute atomic E-state index is 12.6. The summed E-state index contributed by atoms with van der Waals surface area (Å²) in [5.74, 6) is -0.850. The Morgan fingerprint density at radius 3 is 2.50 bits per heavy atom. The van der Waals surface area contributed by atoms with E-state index in [2.05, 4.69) is 4.90 Å². The molecule has 0 radical (unpaired) electrons. The minimum absolute atomic E-state index is 0.0164. The van der Waals surface area contributed by atoms with Crippen LogP contribution < -0.4 is 0 Å². The molecule has 1 fully saturated rings. The number of halogens is 1. The molecule has 0 aromatic heterocycles. The third-order valence-electron chi connectivity index (χ3n) is 4.12. The molecule has 1 heterocycles. The fourth-order valence-corrected chi connectivity index (χ4v) is 2.94. The highest BCUT2D eigenvalue weighted by Gasteiger charge is 2.26. The molecule has 120 valence electrons. The summed E-state index contributed by atoms with van der Waals surface area (Å²) < 4.78 is 0. The summed E-state index contributed by atoms with van der Waals surface area (Å²) in [5, 5.41) is 9.36. The van der Waals surface area contributed by atoms with Crippen LogP contribution in [0.25, 0.3) is 0 Å². The second kappa shape index (κ2) is 7.11. The molecule has 5 nitrogen and oxygen atoms in total. The van der Waals surface area contributed by atoms with Gasteiger partial charge in [0.25, 0.3) is 5.91 Å². The fraction of sp³-hybridized carbons (Fsp3) is 0.500. The number of amides is 1. The number of aryl methyl sites for hydroxylation is 1. The number of benzene rings is 1. The molecule has 1 unspecified atom stereocenters. The van der Waals surface area contributed by atoms with Crippen molar-refractivity contribution in [1.82, 2.24) is 9.80 Å². The smallest absolute Gasteiger partial charge is 0.304 e. The Hall–Kier alpha value is -1.59. The number of carboxylic acids is 1. The second-order valence-electron chi connectivity index (χ2n) is 5.71. The lowest BCUT2D eigenvalue weighted by Crippen LogP contribution is -2.51. The average Bonchev–Trinajstić information content (AvgIpc) is 2.49. The van der Waals surface area contributed by atoms with Crippen LogP contribution in [0.3, 0.4) is 0 Å². The minimum Gasteiger partial charge on any atom is -0.481 e. The van der Waals surface area contributed by atoms with Crippen molar-refractivity contribution >= 4 is 23.5 Å². The number of carbonyl (C=O) groups is 2. The van der Waals surface area contributed by atoms with E-state index in [1.807, 2.05) is 26.0 Å². The van der Waals surface area contributed by atoms with Crippen molar-refractivity contribution in [3.8, 4) is 0 Å². The van der Waals surface area contributed by atoms with Gasteiger partial charge in [0, 0.05) is 32.2 Å². The molecule has 1 saturated heterocycles. The number of hydrogen-bond acceptors (Lipinski definition) is 3. The molecule has 0 bridgehead atoms. The number of carboxylic acid groups (broad SMARTS) is 1. The lowest BCUT2D eigenvalue weighted by Gasteiger charge is -2.37. The Balaban J connectivity index is 1.98.